The van der Waals surface area contributed by atoms with Crippen LogP contribution in [0.4, 0.5) is 0 Å². The lowest BCUT2D eigenvalue weighted by Gasteiger charge is -2.09. The zero-order valence-electron chi connectivity index (χ0n) is 13.2. The van der Waals surface area contributed by atoms with Gasteiger partial charge in [0.15, 0.2) is 0 Å². The van der Waals surface area contributed by atoms with Crippen LogP contribution in [-0.4, -0.2) is 17.4 Å². The standard InChI is InChI=1S/C20H18N2OS/c23-19(21-15-13-16-8-3-1-4-9-16)18-12-7-14-22-20(18)24-17-10-5-2-6-11-17/h1-12,14H,13,15H2,(H,21,23). The summed E-state index contributed by atoms with van der Waals surface area (Å²) in [7, 11) is 0. The summed E-state index contributed by atoms with van der Waals surface area (Å²) in [5.41, 5.74) is 1.82. The fraction of sp³-hybridized carbons (Fsp3) is 0.100. The fourth-order valence-electron chi connectivity index (χ4n) is 2.31. The summed E-state index contributed by atoms with van der Waals surface area (Å²) >= 11 is 1.50. The Kier molecular flexibility index (Phi) is 5.64. The number of nitrogens with one attached hydrogen (secondary N) is 1. The lowest BCUT2D eigenvalue weighted by molar-refractivity contribution is 0.0950. The Morgan fingerprint density at radius 1 is 0.917 bits per heavy atom. The third kappa shape index (κ3) is 4.46. The van der Waals surface area contributed by atoms with Gasteiger partial charge in [-0.25, -0.2) is 4.98 Å². The molecule has 24 heavy (non-hydrogen) atoms. The molecule has 0 unspecified atom stereocenters. The Labute approximate surface area is 146 Å². The van der Waals surface area contributed by atoms with Crippen molar-refractivity contribution in [3.63, 3.8) is 0 Å². The van der Waals surface area contributed by atoms with Crippen LogP contribution >= 0.6 is 11.8 Å². The molecule has 0 bridgehead atoms. The first-order chi connectivity index (χ1) is 11.8. The van der Waals surface area contributed by atoms with E-state index >= 15 is 0 Å². The predicted molar refractivity (Wildman–Crippen MR) is 97.3 cm³/mol. The summed E-state index contributed by atoms with van der Waals surface area (Å²) in [4.78, 5) is 17.9. The number of nitrogens with zero attached hydrogens (tertiary/aromatic N) is 1. The van der Waals surface area contributed by atoms with Crippen molar-refractivity contribution >= 4 is 17.7 Å². The van der Waals surface area contributed by atoms with E-state index in [1.165, 1.54) is 17.3 Å². The molecule has 0 aliphatic rings. The van der Waals surface area contributed by atoms with E-state index in [9.17, 15) is 4.79 Å². The van der Waals surface area contributed by atoms with E-state index in [4.69, 9.17) is 0 Å². The van der Waals surface area contributed by atoms with Crippen molar-refractivity contribution < 1.29 is 4.79 Å². The minimum atomic E-state index is -0.0857. The number of pyridine rings is 1. The zero-order valence-corrected chi connectivity index (χ0v) is 14.0. The smallest absolute Gasteiger partial charge is 0.254 e. The molecular formula is C20H18N2OS. The van der Waals surface area contributed by atoms with E-state index < -0.39 is 0 Å². The van der Waals surface area contributed by atoms with E-state index in [1.54, 1.807) is 12.3 Å². The largest absolute Gasteiger partial charge is 0.352 e. The lowest BCUT2D eigenvalue weighted by Crippen LogP contribution is -2.26. The molecule has 0 aliphatic heterocycles. The molecule has 0 radical (unpaired) electrons. The van der Waals surface area contributed by atoms with Gasteiger partial charge in [0.2, 0.25) is 0 Å². The molecule has 3 nitrogen and oxygen atoms in total. The molecule has 4 heteroatoms. The summed E-state index contributed by atoms with van der Waals surface area (Å²) in [6.07, 6.45) is 2.53. The number of carbonyl (C=O) groups is 1. The summed E-state index contributed by atoms with van der Waals surface area (Å²) in [5, 5.41) is 3.70. The molecule has 1 N–H and O–H groups in total. The van der Waals surface area contributed by atoms with E-state index in [0.717, 1.165) is 16.3 Å². The van der Waals surface area contributed by atoms with Gasteiger partial charge < -0.3 is 5.32 Å². The molecule has 0 spiro atoms. The number of benzene rings is 2. The summed E-state index contributed by atoms with van der Waals surface area (Å²) < 4.78 is 0. The van der Waals surface area contributed by atoms with Gasteiger partial charge in [-0.2, -0.15) is 0 Å². The van der Waals surface area contributed by atoms with Crippen molar-refractivity contribution in [3.05, 3.63) is 90.1 Å². The third-order valence-electron chi connectivity index (χ3n) is 3.52. The molecular weight excluding hydrogens is 316 g/mol. The maximum atomic E-state index is 12.5. The van der Waals surface area contributed by atoms with E-state index in [-0.39, 0.29) is 5.91 Å². The summed E-state index contributed by atoms with van der Waals surface area (Å²) in [5.74, 6) is -0.0857. The molecule has 3 aromatic rings. The van der Waals surface area contributed by atoms with Crippen LogP contribution in [0.2, 0.25) is 0 Å². The third-order valence-corrected chi connectivity index (χ3v) is 4.54. The second-order valence-corrected chi connectivity index (χ2v) is 6.32. The van der Waals surface area contributed by atoms with Crippen LogP contribution in [0, 0.1) is 0 Å². The van der Waals surface area contributed by atoms with Crippen molar-refractivity contribution in [1.29, 1.82) is 0 Å². The number of amides is 1. The highest BCUT2D eigenvalue weighted by atomic mass is 32.2. The number of rotatable bonds is 6. The molecule has 0 fully saturated rings. The van der Waals surface area contributed by atoms with Crippen LogP contribution in [0.3, 0.4) is 0 Å². The Hall–Kier alpha value is -2.59. The van der Waals surface area contributed by atoms with Gasteiger partial charge >= 0.3 is 0 Å². The molecule has 0 atom stereocenters. The van der Waals surface area contributed by atoms with Gasteiger partial charge in [-0.05, 0) is 36.2 Å². The SMILES string of the molecule is O=C(NCCc1ccccc1)c1cccnc1Sc1ccccc1. The topological polar surface area (TPSA) is 42.0 Å². The quantitative estimate of drug-likeness (QED) is 0.734. The molecule has 0 saturated carbocycles. The Morgan fingerprint density at radius 3 is 2.38 bits per heavy atom. The van der Waals surface area contributed by atoms with Crippen molar-refractivity contribution in [2.24, 2.45) is 0 Å². The number of hydrogen-bond acceptors (Lipinski definition) is 3. The highest BCUT2D eigenvalue weighted by molar-refractivity contribution is 7.99. The molecule has 1 amide bonds. The normalized spacial score (nSPS) is 10.3. The first-order valence-electron chi connectivity index (χ1n) is 7.83. The fourth-order valence-corrected chi connectivity index (χ4v) is 3.21. The monoisotopic (exact) mass is 334 g/mol. The van der Waals surface area contributed by atoms with E-state index in [0.29, 0.717) is 12.1 Å². The summed E-state index contributed by atoms with van der Waals surface area (Å²) in [6.45, 7) is 0.604. The number of carbonyl (C=O) groups excluding carboxylic acids is 1. The van der Waals surface area contributed by atoms with Gasteiger partial charge in [-0.3, -0.25) is 4.79 Å². The van der Waals surface area contributed by atoms with Gasteiger partial charge in [0.1, 0.15) is 5.03 Å². The molecule has 0 saturated heterocycles. The van der Waals surface area contributed by atoms with E-state index in [2.05, 4.69) is 22.4 Å². The number of hydrogen-bond donors (Lipinski definition) is 1. The maximum absolute atomic E-state index is 12.5. The maximum Gasteiger partial charge on any atom is 0.254 e. The lowest BCUT2D eigenvalue weighted by atomic mass is 10.1. The van der Waals surface area contributed by atoms with Crippen molar-refractivity contribution in [2.45, 2.75) is 16.3 Å². The van der Waals surface area contributed by atoms with Crippen LogP contribution in [0.5, 0.6) is 0 Å². The van der Waals surface area contributed by atoms with Crippen LogP contribution in [0.25, 0.3) is 0 Å². The van der Waals surface area contributed by atoms with Gasteiger partial charge in [0, 0.05) is 17.6 Å². The predicted octanol–water partition coefficient (Wildman–Crippen LogP) is 4.21. The van der Waals surface area contributed by atoms with Gasteiger partial charge in [0.05, 0.1) is 5.56 Å². The highest BCUT2D eigenvalue weighted by Crippen LogP contribution is 2.28. The van der Waals surface area contributed by atoms with Crippen LogP contribution in [-0.2, 0) is 6.42 Å². The molecule has 3 rings (SSSR count). The van der Waals surface area contributed by atoms with Crippen molar-refractivity contribution in [2.75, 3.05) is 6.54 Å². The second kappa shape index (κ2) is 8.31. The highest BCUT2D eigenvalue weighted by Gasteiger charge is 2.12. The Bertz CT molecular complexity index is 791. The van der Waals surface area contributed by atoms with Gasteiger partial charge in [-0.1, -0.05) is 60.3 Å². The molecule has 1 heterocycles. The average molecular weight is 334 g/mol. The van der Waals surface area contributed by atoms with Gasteiger partial charge in [0.25, 0.3) is 5.91 Å². The minimum absolute atomic E-state index is 0.0857. The van der Waals surface area contributed by atoms with Crippen LogP contribution in [0.1, 0.15) is 15.9 Å². The van der Waals surface area contributed by atoms with Crippen LogP contribution in [0.15, 0.2) is 88.9 Å². The van der Waals surface area contributed by atoms with Crippen LogP contribution < -0.4 is 5.32 Å². The average Bonchev–Trinajstić information content (AvgIpc) is 2.64. The molecule has 1 aromatic heterocycles. The van der Waals surface area contributed by atoms with Gasteiger partial charge in [-0.15, -0.1) is 0 Å². The zero-order chi connectivity index (χ0) is 16.6. The Morgan fingerprint density at radius 2 is 1.62 bits per heavy atom. The molecule has 120 valence electrons. The van der Waals surface area contributed by atoms with E-state index in [1.807, 2.05) is 54.6 Å². The molecule has 2 aromatic carbocycles. The second-order valence-electron chi connectivity index (χ2n) is 5.26. The summed E-state index contributed by atoms with van der Waals surface area (Å²) in [6, 6.07) is 23.7. The Balaban J connectivity index is 1.64. The first-order valence-corrected chi connectivity index (χ1v) is 8.64. The number of aromatic nitrogens is 1. The molecule has 0 aliphatic carbocycles. The first kappa shape index (κ1) is 16.3. The minimum Gasteiger partial charge on any atom is -0.352 e. The van der Waals surface area contributed by atoms with Crippen molar-refractivity contribution in [3.8, 4) is 0 Å². The van der Waals surface area contributed by atoms with Crippen molar-refractivity contribution in [1.82, 2.24) is 10.3 Å².